The van der Waals surface area contributed by atoms with Gasteiger partial charge in [-0.05, 0) is 39.9 Å². The van der Waals surface area contributed by atoms with Gasteiger partial charge < -0.3 is 10.4 Å². The van der Waals surface area contributed by atoms with Crippen molar-refractivity contribution < 1.29 is 9.90 Å². The highest BCUT2D eigenvalue weighted by Crippen LogP contribution is 2.27. The van der Waals surface area contributed by atoms with E-state index in [0.717, 1.165) is 6.42 Å². The highest BCUT2D eigenvalue weighted by Gasteiger charge is 2.17. The van der Waals surface area contributed by atoms with E-state index in [1.54, 1.807) is 23.6 Å². The zero-order valence-corrected chi connectivity index (χ0v) is 12.7. The monoisotopic (exact) mass is 340 g/mol. The summed E-state index contributed by atoms with van der Waals surface area (Å²) in [4.78, 5) is 16.6. The fraction of sp³-hybridized carbons (Fsp3) is 0.231. The van der Waals surface area contributed by atoms with Crippen molar-refractivity contribution in [1.82, 2.24) is 4.98 Å². The van der Waals surface area contributed by atoms with Crippen molar-refractivity contribution in [3.8, 4) is 0 Å². The van der Waals surface area contributed by atoms with E-state index in [4.69, 9.17) is 0 Å². The Hall–Kier alpha value is -1.40. The largest absolute Gasteiger partial charge is 0.478 e. The molecule has 19 heavy (non-hydrogen) atoms. The highest BCUT2D eigenvalue weighted by atomic mass is 79.9. The molecule has 0 aromatic carbocycles. The van der Waals surface area contributed by atoms with Crippen LogP contribution < -0.4 is 5.32 Å². The molecular weight excluding hydrogens is 328 g/mol. The summed E-state index contributed by atoms with van der Waals surface area (Å²) in [7, 11) is 0. The number of hydrogen-bond donors (Lipinski definition) is 2. The summed E-state index contributed by atoms with van der Waals surface area (Å²) in [6.45, 7) is 2.05. The van der Waals surface area contributed by atoms with Gasteiger partial charge in [0.05, 0.1) is 6.04 Å². The third kappa shape index (κ3) is 3.33. The number of thiophene rings is 1. The Balaban J connectivity index is 2.29. The van der Waals surface area contributed by atoms with Gasteiger partial charge in [0, 0.05) is 15.5 Å². The third-order valence-corrected chi connectivity index (χ3v) is 4.11. The molecule has 1 unspecified atom stereocenters. The van der Waals surface area contributed by atoms with Crippen molar-refractivity contribution in [2.75, 3.05) is 5.32 Å². The predicted molar refractivity (Wildman–Crippen MR) is 79.9 cm³/mol. The van der Waals surface area contributed by atoms with Crippen LogP contribution in [0.5, 0.6) is 0 Å². The molecule has 0 aliphatic rings. The second-order valence-corrected chi connectivity index (χ2v) is 5.87. The average molecular weight is 341 g/mol. The lowest BCUT2D eigenvalue weighted by molar-refractivity contribution is 0.0697. The summed E-state index contributed by atoms with van der Waals surface area (Å²) in [6, 6.07) is 5.65. The summed E-state index contributed by atoms with van der Waals surface area (Å²) in [6.07, 6.45) is 2.45. The van der Waals surface area contributed by atoms with Crippen LogP contribution in [0.2, 0.25) is 0 Å². The minimum absolute atomic E-state index is 0.0757. The molecule has 0 amide bonds. The zero-order chi connectivity index (χ0) is 13.8. The van der Waals surface area contributed by atoms with Crippen molar-refractivity contribution >= 4 is 39.1 Å². The summed E-state index contributed by atoms with van der Waals surface area (Å²) in [5.74, 6) is -0.590. The van der Waals surface area contributed by atoms with Crippen LogP contribution in [0.25, 0.3) is 0 Å². The number of anilines is 1. The first-order chi connectivity index (χ1) is 9.11. The second kappa shape index (κ2) is 6.16. The molecule has 2 rings (SSSR count). The van der Waals surface area contributed by atoms with Gasteiger partial charge in [0.15, 0.2) is 0 Å². The third-order valence-electron chi connectivity index (χ3n) is 2.69. The number of nitrogens with one attached hydrogen (secondary N) is 1. The van der Waals surface area contributed by atoms with Gasteiger partial charge >= 0.3 is 5.97 Å². The maximum absolute atomic E-state index is 11.2. The van der Waals surface area contributed by atoms with Crippen LogP contribution in [-0.2, 0) is 0 Å². The number of carboxylic acids is 1. The number of hydrogen-bond acceptors (Lipinski definition) is 4. The average Bonchev–Trinajstić information content (AvgIpc) is 2.90. The number of halogens is 1. The van der Waals surface area contributed by atoms with E-state index in [1.807, 2.05) is 17.5 Å². The van der Waals surface area contributed by atoms with Crippen LogP contribution in [0, 0.1) is 0 Å². The highest BCUT2D eigenvalue weighted by molar-refractivity contribution is 9.10. The molecule has 2 aromatic heterocycles. The maximum atomic E-state index is 11.2. The van der Waals surface area contributed by atoms with Crippen LogP contribution in [0.4, 0.5) is 5.82 Å². The molecule has 2 aromatic rings. The van der Waals surface area contributed by atoms with E-state index in [2.05, 4.69) is 33.2 Å². The summed E-state index contributed by atoms with van der Waals surface area (Å²) in [5, 5.41) is 14.4. The van der Waals surface area contributed by atoms with Crippen LogP contribution in [0.3, 0.4) is 0 Å². The molecule has 4 nitrogen and oxygen atoms in total. The number of pyridine rings is 1. The van der Waals surface area contributed by atoms with Gasteiger partial charge in [-0.1, -0.05) is 13.0 Å². The van der Waals surface area contributed by atoms with Crippen molar-refractivity contribution in [3.05, 3.63) is 44.7 Å². The Morgan fingerprint density at radius 1 is 1.63 bits per heavy atom. The summed E-state index contributed by atoms with van der Waals surface area (Å²) in [5.41, 5.74) is 0.171. The standard InChI is InChI=1S/C13H13BrN2O2S/c1-2-10(11-4-3-5-19-11)16-12-9(13(17)18)6-8(14)7-15-12/h3-7,10H,2H2,1H3,(H,15,16)(H,17,18). The molecule has 0 spiro atoms. The van der Waals surface area contributed by atoms with Gasteiger partial charge in [0.1, 0.15) is 11.4 Å². The lowest BCUT2D eigenvalue weighted by Crippen LogP contribution is -2.13. The van der Waals surface area contributed by atoms with E-state index in [0.29, 0.717) is 10.3 Å². The Morgan fingerprint density at radius 3 is 3.00 bits per heavy atom. The van der Waals surface area contributed by atoms with Crippen LogP contribution in [0.15, 0.2) is 34.2 Å². The fourth-order valence-electron chi connectivity index (χ4n) is 1.75. The van der Waals surface area contributed by atoms with Gasteiger partial charge in [-0.2, -0.15) is 0 Å². The van der Waals surface area contributed by atoms with Gasteiger partial charge in [0.2, 0.25) is 0 Å². The zero-order valence-electron chi connectivity index (χ0n) is 10.3. The van der Waals surface area contributed by atoms with Gasteiger partial charge in [-0.15, -0.1) is 11.3 Å². The lowest BCUT2D eigenvalue weighted by atomic mass is 10.1. The normalized spacial score (nSPS) is 12.1. The molecule has 0 aliphatic carbocycles. The minimum Gasteiger partial charge on any atom is -0.478 e. The molecule has 0 saturated heterocycles. The molecule has 1 atom stereocenters. The van der Waals surface area contributed by atoms with Crippen molar-refractivity contribution in [2.45, 2.75) is 19.4 Å². The number of aromatic carboxylic acids is 1. The molecule has 6 heteroatoms. The van der Waals surface area contributed by atoms with Crippen molar-refractivity contribution in [2.24, 2.45) is 0 Å². The summed E-state index contributed by atoms with van der Waals surface area (Å²) < 4.78 is 0.652. The Labute approximate surface area is 123 Å². The Bertz CT molecular complexity index is 572. The quantitative estimate of drug-likeness (QED) is 0.857. The molecule has 0 fully saturated rings. The number of carboxylic acid groups (broad SMARTS) is 1. The summed E-state index contributed by atoms with van der Waals surface area (Å²) >= 11 is 4.88. The first-order valence-electron chi connectivity index (χ1n) is 5.80. The van der Waals surface area contributed by atoms with E-state index in [-0.39, 0.29) is 11.6 Å². The number of aromatic nitrogens is 1. The molecular formula is C13H13BrN2O2S. The van der Waals surface area contributed by atoms with Crippen molar-refractivity contribution in [3.63, 3.8) is 0 Å². The predicted octanol–water partition coefficient (Wildman–Crippen LogP) is 4.17. The maximum Gasteiger partial charge on any atom is 0.339 e. The number of rotatable bonds is 5. The molecule has 0 aliphatic heterocycles. The van der Waals surface area contributed by atoms with Crippen molar-refractivity contribution in [1.29, 1.82) is 0 Å². The van der Waals surface area contributed by atoms with Crippen LogP contribution in [-0.4, -0.2) is 16.1 Å². The van der Waals surface area contributed by atoms with Crippen LogP contribution >= 0.6 is 27.3 Å². The van der Waals surface area contributed by atoms with Crippen LogP contribution in [0.1, 0.15) is 34.6 Å². The molecule has 0 saturated carbocycles. The Kier molecular flexibility index (Phi) is 4.55. The van der Waals surface area contributed by atoms with E-state index >= 15 is 0 Å². The molecule has 0 radical (unpaired) electrons. The van der Waals surface area contributed by atoms with E-state index in [9.17, 15) is 9.90 Å². The topological polar surface area (TPSA) is 62.2 Å². The van der Waals surface area contributed by atoms with E-state index < -0.39 is 5.97 Å². The molecule has 0 bridgehead atoms. The smallest absolute Gasteiger partial charge is 0.339 e. The van der Waals surface area contributed by atoms with Gasteiger partial charge in [-0.25, -0.2) is 9.78 Å². The number of carbonyl (C=O) groups is 1. The van der Waals surface area contributed by atoms with Gasteiger partial charge in [0.25, 0.3) is 0 Å². The van der Waals surface area contributed by atoms with Gasteiger partial charge in [-0.3, -0.25) is 0 Å². The fourth-order valence-corrected chi connectivity index (χ4v) is 2.94. The number of nitrogens with zero attached hydrogens (tertiary/aromatic N) is 1. The lowest BCUT2D eigenvalue weighted by Gasteiger charge is -2.17. The molecule has 2 N–H and O–H groups in total. The first-order valence-corrected chi connectivity index (χ1v) is 7.48. The first kappa shape index (κ1) is 14.0. The minimum atomic E-state index is -0.989. The SMILES string of the molecule is CCC(Nc1ncc(Br)cc1C(=O)O)c1cccs1. The Morgan fingerprint density at radius 2 is 2.42 bits per heavy atom. The molecule has 2 heterocycles. The second-order valence-electron chi connectivity index (χ2n) is 3.98. The molecule has 100 valence electrons. The van der Waals surface area contributed by atoms with E-state index in [1.165, 1.54) is 4.88 Å².